The van der Waals surface area contributed by atoms with E-state index in [1.54, 1.807) is 0 Å². The van der Waals surface area contributed by atoms with Gasteiger partial charge in [-0.25, -0.2) is 4.98 Å². The van der Waals surface area contributed by atoms with Gasteiger partial charge in [-0.05, 0) is 48.5 Å². The van der Waals surface area contributed by atoms with E-state index >= 15 is 0 Å². The molecule has 0 fully saturated rings. The summed E-state index contributed by atoms with van der Waals surface area (Å²) in [6.07, 6.45) is 0. The lowest BCUT2D eigenvalue weighted by Crippen LogP contribution is -2.04. The van der Waals surface area contributed by atoms with Crippen LogP contribution in [0.5, 0.6) is 0 Å². The van der Waals surface area contributed by atoms with Crippen molar-refractivity contribution in [2.24, 2.45) is 0 Å². The zero-order valence-electron chi connectivity index (χ0n) is 13.6. The first-order valence-corrected chi connectivity index (χ1v) is 8.97. The van der Waals surface area contributed by atoms with Crippen molar-refractivity contribution in [1.82, 2.24) is 9.97 Å². The van der Waals surface area contributed by atoms with Crippen molar-refractivity contribution in [3.63, 3.8) is 0 Å². The molecule has 0 saturated heterocycles. The maximum Gasteiger partial charge on any atom is 0.197 e. The largest absolute Gasteiger partial charge is 0.399 e. The van der Waals surface area contributed by atoms with Gasteiger partial charge in [0.25, 0.3) is 0 Å². The lowest BCUT2D eigenvalue weighted by Gasteiger charge is -2.06. The molecule has 5 nitrogen and oxygen atoms in total. The van der Waals surface area contributed by atoms with E-state index in [2.05, 4.69) is 15.3 Å². The molecule has 0 radical (unpaired) electrons. The molecule has 5 rings (SSSR count). The average Bonchev–Trinajstić information content (AvgIpc) is 3.04. The van der Waals surface area contributed by atoms with Crippen LogP contribution in [0, 0.1) is 0 Å². The number of fused-ring (bicyclic) bond motifs is 3. The van der Waals surface area contributed by atoms with Crippen molar-refractivity contribution >= 4 is 59.9 Å². The second-order valence-electron chi connectivity index (χ2n) is 6.13. The molecule has 0 saturated carbocycles. The number of nitrogen functional groups attached to an aromatic ring is 1. The molecule has 3 aromatic carbocycles. The first-order chi connectivity index (χ1) is 12.7. The van der Waals surface area contributed by atoms with Crippen LogP contribution in [0.25, 0.3) is 32.0 Å². The second kappa shape index (κ2) is 5.57. The number of nitrogens with one attached hydrogen (secondary N) is 2. The summed E-state index contributed by atoms with van der Waals surface area (Å²) in [5, 5.41) is 5.40. The number of H-pyrrole nitrogens is 1. The number of pyridine rings is 1. The first kappa shape index (κ1) is 14.9. The Morgan fingerprint density at radius 3 is 2.73 bits per heavy atom. The molecule has 0 bridgehead atoms. The van der Waals surface area contributed by atoms with Crippen LogP contribution < -0.4 is 16.5 Å². The van der Waals surface area contributed by atoms with E-state index in [-0.39, 0.29) is 5.43 Å². The van der Waals surface area contributed by atoms with E-state index in [1.165, 1.54) is 11.3 Å². The highest BCUT2D eigenvalue weighted by Gasteiger charge is 2.08. The lowest BCUT2D eigenvalue weighted by atomic mass is 10.1. The standard InChI is InChI=1S/C20H14N4OS/c21-11-5-7-17-18(9-11)26-20(24-17)22-12-6-8-16-14(10-12)19(25)13-3-1-2-4-15(13)23-16/h1-10H,21H2,(H,22,24)(H,23,25). The Balaban J connectivity index is 1.61. The van der Waals surface area contributed by atoms with Gasteiger partial charge in [0.2, 0.25) is 0 Å². The highest BCUT2D eigenvalue weighted by Crippen LogP contribution is 2.30. The van der Waals surface area contributed by atoms with Crippen LogP contribution in [0.15, 0.2) is 65.5 Å². The number of rotatable bonds is 2. The molecule has 0 amide bonds. The van der Waals surface area contributed by atoms with Crippen LogP contribution in [0.3, 0.4) is 0 Å². The number of hydrogen-bond donors (Lipinski definition) is 3. The fourth-order valence-corrected chi connectivity index (χ4v) is 4.05. The van der Waals surface area contributed by atoms with Crippen molar-refractivity contribution in [3.05, 3.63) is 70.9 Å². The predicted molar refractivity (Wildman–Crippen MR) is 109 cm³/mol. The Kier molecular flexibility index (Phi) is 3.20. The molecule has 0 aliphatic heterocycles. The molecule has 0 spiro atoms. The van der Waals surface area contributed by atoms with Gasteiger partial charge in [0.05, 0.1) is 10.2 Å². The average molecular weight is 358 g/mol. The van der Waals surface area contributed by atoms with Gasteiger partial charge in [0.15, 0.2) is 10.6 Å². The number of thiazole rings is 1. The summed E-state index contributed by atoms with van der Waals surface area (Å²) in [7, 11) is 0. The summed E-state index contributed by atoms with van der Waals surface area (Å²) in [4.78, 5) is 20.7. The number of aromatic nitrogens is 2. The summed E-state index contributed by atoms with van der Waals surface area (Å²) < 4.78 is 1.03. The normalized spacial score (nSPS) is 11.4. The van der Waals surface area contributed by atoms with Crippen LogP contribution in [0.2, 0.25) is 0 Å². The molecule has 2 aromatic heterocycles. The van der Waals surface area contributed by atoms with Crippen molar-refractivity contribution in [2.45, 2.75) is 0 Å². The third-order valence-electron chi connectivity index (χ3n) is 4.37. The fraction of sp³-hybridized carbons (Fsp3) is 0. The van der Waals surface area contributed by atoms with Gasteiger partial charge in [-0.1, -0.05) is 23.5 Å². The number of aromatic amines is 1. The van der Waals surface area contributed by atoms with E-state index in [4.69, 9.17) is 5.73 Å². The topological polar surface area (TPSA) is 83.8 Å². The molecular formula is C20H14N4OS. The summed E-state index contributed by atoms with van der Waals surface area (Å²) in [6.45, 7) is 0. The van der Waals surface area contributed by atoms with Gasteiger partial charge in [0.1, 0.15) is 0 Å². The SMILES string of the molecule is Nc1ccc2nc(Nc3ccc4[nH]c5ccccc5c(=O)c4c3)sc2c1. The van der Waals surface area contributed by atoms with E-state index in [0.29, 0.717) is 10.8 Å². The first-order valence-electron chi connectivity index (χ1n) is 8.15. The van der Waals surface area contributed by atoms with Crippen LogP contribution in [-0.4, -0.2) is 9.97 Å². The molecule has 0 unspecified atom stereocenters. The molecule has 26 heavy (non-hydrogen) atoms. The lowest BCUT2D eigenvalue weighted by molar-refractivity contribution is 1.44. The summed E-state index contributed by atoms with van der Waals surface area (Å²) in [6, 6.07) is 18.9. The van der Waals surface area contributed by atoms with Crippen molar-refractivity contribution < 1.29 is 0 Å². The zero-order valence-corrected chi connectivity index (χ0v) is 14.4. The van der Waals surface area contributed by atoms with Crippen LogP contribution in [0.1, 0.15) is 0 Å². The number of benzene rings is 3. The van der Waals surface area contributed by atoms with E-state index in [0.717, 1.165) is 37.8 Å². The van der Waals surface area contributed by atoms with Crippen molar-refractivity contribution in [3.8, 4) is 0 Å². The molecular weight excluding hydrogens is 344 g/mol. The zero-order chi connectivity index (χ0) is 17.7. The fourth-order valence-electron chi connectivity index (χ4n) is 3.12. The molecule has 126 valence electrons. The van der Waals surface area contributed by atoms with E-state index < -0.39 is 0 Å². The highest BCUT2D eigenvalue weighted by molar-refractivity contribution is 7.22. The Hall–Kier alpha value is -3.38. The van der Waals surface area contributed by atoms with E-state index in [9.17, 15) is 4.79 Å². The minimum Gasteiger partial charge on any atom is -0.399 e. The smallest absolute Gasteiger partial charge is 0.197 e. The Morgan fingerprint density at radius 1 is 0.962 bits per heavy atom. The van der Waals surface area contributed by atoms with Gasteiger partial charge in [-0.3, -0.25) is 4.79 Å². The molecule has 0 atom stereocenters. The monoisotopic (exact) mass is 358 g/mol. The maximum atomic E-state index is 12.8. The van der Waals surface area contributed by atoms with Gasteiger partial charge < -0.3 is 16.0 Å². The van der Waals surface area contributed by atoms with Gasteiger partial charge >= 0.3 is 0 Å². The van der Waals surface area contributed by atoms with Crippen LogP contribution in [-0.2, 0) is 0 Å². The van der Waals surface area contributed by atoms with Gasteiger partial charge in [-0.15, -0.1) is 0 Å². The number of hydrogen-bond acceptors (Lipinski definition) is 5. The molecule has 6 heteroatoms. The molecule has 0 aliphatic rings. The Bertz CT molecular complexity index is 1350. The number of nitrogens with two attached hydrogens (primary N) is 1. The third-order valence-corrected chi connectivity index (χ3v) is 5.30. The highest BCUT2D eigenvalue weighted by atomic mass is 32.1. The maximum absolute atomic E-state index is 12.8. The van der Waals surface area contributed by atoms with Crippen molar-refractivity contribution in [2.75, 3.05) is 11.1 Å². The Morgan fingerprint density at radius 2 is 1.81 bits per heavy atom. The molecule has 0 aliphatic carbocycles. The van der Waals surface area contributed by atoms with Crippen molar-refractivity contribution in [1.29, 1.82) is 0 Å². The van der Waals surface area contributed by atoms with Gasteiger partial charge in [0, 0.05) is 33.2 Å². The minimum atomic E-state index is 0.0232. The molecule has 4 N–H and O–H groups in total. The van der Waals surface area contributed by atoms with Gasteiger partial charge in [-0.2, -0.15) is 0 Å². The Labute approximate surface area is 152 Å². The number of para-hydroxylation sites is 1. The summed E-state index contributed by atoms with van der Waals surface area (Å²) in [5.74, 6) is 0. The van der Waals surface area contributed by atoms with E-state index in [1.807, 2.05) is 60.7 Å². The molecule has 5 aromatic rings. The predicted octanol–water partition coefficient (Wildman–Crippen LogP) is 4.62. The second-order valence-corrected chi connectivity index (χ2v) is 7.16. The number of nitrogens with zero attached hydrogens (tertiary/aromatic N) is 1. The third kappa shape index (κ3) is 2.39. The summed E-state index contributed by atoms with van der Waals surface area (Å²) >= 11 is 1.53. The van der Waals surface area contributed by atoms with Crippen LogP contribution in [0.4, 0.5) is 16.5 Å². The summed E-state index contributed by atoms with van der Waals surface area (Å²) in [5.41, 5.74) is 9.95. The molecule has 2 heterocycles. The minimum absolute atomic E-state index is 0.0232. The van der Waals surface area contributed by atoms with Crippen LogP contribution >= 0.6 is 11.3 Å². The quantitative estimate of drug-likeness (QED) is 0.318. The number of anilines is 3.